The third-order valence-electron chi connectivity index (χ3n) is 6.15. The molecule has 4 unspecified atom stereocenters. The Labute approximate surface area is 305 Å². The number of aryl methyl sites for hydroxylation is 1. The van der Waals surface area contributed by atoms with Gasteiger partial charge in [-0.25, -0.2) is 0 Å². The first-order valence-electron chi connectivity index (χ1n) is 14.2. The number of ether oxygens (including phenoxy) is 1. The number of anilines is 1. The maximum Gasteiger partial charge on any atom is 0.559 e. The van der Waals surface area contributed by atoms with Crippen molar-refractivity contribution in [2.75, 3.05) is 33.4 Å². The Kier molecular flexibility index (Phi) is 24.4. The Balaban J connectivity index is -0.000000918. The average molecular weight is 849 g/mol. The van der Waals surface area contributed by atoms with E-state index in [1.165, 1.54) is 25.2 Å². The van der Waals surface area contributed by atoms with Crippen molar-refractivity contribution in [3.05, 3.63) is 48.0 Å². The molecule has 1 aliphatic heterocycles. The van der Waals surface area contributed by atoms with Gasteiger partial charge in [-0.2, -0.15) is 0 Å². The Morgan fingerprint density at radius 1 is 0.732 bits per heavy atom. The Morgan fingerprint density at radius 3 is 1.45 bits per heavy atom. The molecule has 56 heavy (non-hydrogen) atoms. The standard InChI is InChI=1S/C22H20N2O7.C3H5FO2.3CF4.2CH3F/c1-10-3-6-12(7-4-10)31-14-8-5-11(9-13(14)25)23-19(26)15-16-17(18(15)22(29)30)21(28)24(2)20(16)27;4-2-1-3(5)6;3*2-1(3,4)5;2*1-2/h3-9,15-18,25H,1-2H3,(H,23,26)(H,29,30);1-2H2,(H,5,6);;;;2*1H3. The molecular formula is C30H31F15N2O9. The van der Waals surface area contributed by atoms with E-state index < -0.39 is 79.3 Å². The number of rotatable bonds is 7. The van der Waals surface area contributed by atoms with Crippen LogP contribution >= 0.6 is 0 Å². The third kappa shape index (κ3) is 23.4. The van der Waals surface area contributed by atoms with Crippen LogP contribution in [0.5, 0.6) is 17.2 Å². The van der Waals surface area contributed by atoms with Gasteiger partial charge in [0.1, 0.15) is 5.75 Å². The number of phenols is 1. The number of carboxylic acid groups (broad SMARTS) is 2. The molecule has 26 heteroatoms. The van der Waals surface area contributed by atoms with E-state index >= 15 is 0 Å². The van der Waals surface area contributed by atoms with Crippen LogP contribution < -0.4 is 10.1 Å². The van der Waals surface area contributed by atoms with E-state index in [0.29, 0.717) is 20.1 Å². The molecule has 1 saturated carbocycles. The van der Waals surface area contributed by atoms with E-state index in [9.17, 15) is 100 Å². The number of imide groups is 1. The number of aliphatic carboxylic acids is 2. The van der Waals surface area contributed by atoms with Crippen molar-refractivity contribution in [2.45, 2.75) is 32.6 Å². The van der Waals surface area contributed by atoms with Crippen LogP contribution in [0.15, 0.2) is 42.5 Å². The van der Waals surface area contributed by atoms with Crippen molar-refractivity contribution in [1.82, 2.24) is 4.90 Å². The molecule has 1 aliphatic carbocycles. The first-order valence-corrected chi connectivity index (χ1v) is 14.2. The highest BCUT2D eigenvalue weighted by Gasteiger charge is 2.68. The molecule has 2 aromatic carbocycles. The lowest BCUT2D eigenvalue weighted by molar-refractivity contribution is -0.238. The van der Waals surface area contributed by atoms with Crippen molar-refractivity contribution in [1.29, 1.82) is 0 Å². The monoisotopic (exact) mass is 848 g/mol. The van der Waals surface area contributed by atoms with Gasteiger partial charge in [-0.3, -0.25) is 42.0 Å². The van der Waals surface area contributed by atoms with Gasteiger partial charge in [0, 0.05) is 18.8 Å². The molecule has 1 heterocycles. The van der Waals surface area contributed by atoms with Crippen molar-refractivity contribution >= 4 is 35.3 Å². The molecule has 1 saturated heterocycles. The number of benzene rings is 2. The summed E-state index contributed by atoms with van der Waals surface area (Å²) >= 11 is 0. The molecule has 0 spiro atoms. The zero-order valence-corrected chi connectivity index (χ0v) is 28.7. The second kappa shape index (κ2) is 24.8. The third-order valence-corrected chi connectivity index (χ3v) is 6.15. The van der Waals surface area contributed by atoms with Crippen molar-refractivity contribution in [3.63, 3.8) is 0 Å². The smallest absolute Gasteiger partial charge is 0.504 e. The van der Waals surface area contributed by atoms with Gasteiger partial charge in [-0.1, -0.05) is 17.7 Å². The van der Waals surface area contributed by atoms with E-state index in [1.54, 1.807) is 12.1 Å². The number of carboxylic acids is 2. The SMILES string of the molecule is CF.CF.Cc1ccc(Oc2ccc(NC(=O)C3C(C(=O)O)C4C(=O)N(C)C(=O)C34)cc2O)cc1.FC(F)(F)F.FC(F)(F)F.FC(F)(F)F.O=C(O)CCF. The van der Waals surface area contributed by atoms with E-state index in [4.69, 9.17) is 9.84 Å². The minimum atomic E-state index is -5.50. The number of carbonyl (C=O) groups excluding carboxylic acids is 3. The number of aromatic hydroxyl groups is 1. The summed E-state index contributed by atoms with van der Waals surface area (Å²) in [6.07, 6.45) is -16.9. The number of halogens is 15. The predicted molar refractivity (Wildman–Crippen MR) is 161 cm³/mol. The fourth-order valence-electron chi connectivity index (χ4n) is 4.27. The number of carbonyl (C=O) groups is 5. The molecule has 4 N–H and O–H groups in total. The number of fused-ring (bicyclic) bond motifs is 1. The average Bonchev–Trinajstić information content (AvgIpc) is 3.19. The first kappa shape index (κ1) is 54.9. The zero-order valence-electron chi connectivity index (χ0n) is 28.7. The second-order valence-electron chi connectivity index (χ2n) is 9.88. The molecule has 2 aliphatic rings. The van der Waals surface area contributed by atoms with Crippen molar-refractivity contribution in [3.8, 4) is 17.2 Å². The number of amides is 3. The number of nitrogens with zero attached hydrogens (tertiary/aromatic N) is 1. The van der Waals surface area contributed by atoms with Crippen LogP contribution in [0.25, 0.3) is 0 Å². The molecule has 4 atom stereocenters. The molecule has 11 nitrogen and oxygen atoms in total. The van der Waals surface area contributed by atoms with E-state index in [2.05, 4.69) is 5.32 Å². The van der Waals surface area contributed by atoms with Crippen LogP contribution in [0.4, 0.5) is 71.5 Å². The number of phenolic OH excluding ortho intramolecular Hbond substituents is 1. The lowest BCUT2D eigenvalue weighted by Gasteiger charge is -2.41. The minimum Gasteiger partial charge on any atom is -0.504 e. The maximum absolute atomic E-state index is 12.8. The summed E-state index contributed by atoms with van der Waals surface area (Å²) in [4.78, 5) is 59.0. The summed E-state index contributed by atoms with van der Waals surface area (Å²) in [5, 5.41) is 29.9. The Bertz CT molecular complexity index is 1490. The van der Waals surface area contributed by atoms with E-state index in [1.807, 2.05) is 19.1 Å². The number of likely N-dealkylation sites (tertiary alicyclic amines) is 1. The molecule has 0 aromatic heterocycles. The summed E-state index contributed by atoms with van der Waals surface area (Å²) in [6, 6.07) is 11.4. The number of hydrogen-bond acceptors (Lipinski definition) is 7. The normalized spacial score (nSPS) is 17.8. The van der Waals surface area contributed by atoms with Gasteiger partial charge in [0.15, 0.2) is 11.5 Å². The summed E-state index contributed by atoms with van der Waals surface area (Å²) in [6.45, 7) is 1.17. The first-order chi connectivity index (χ1) is 25.5. The van der Waals surface area contributed by atoms with Gasteiger partial charge >= 0.3 is 31.2 Å². The number of alkyl halides is 15. The van der Waals surface area contributed by atoms with Crippen LogP contribution in [-0.2, 0) is 24.0 Å². The lowest BCUT2D eigenvalue weighted by Crippen LogP contribution is -2.56. The zero-order chi connectivity index (χ0) is 44.9. The molecule has 2 aromatic rings. The molecule has 3 amide bonds. The summed E-state index contributed by atoms with van der Waals surface area (Å²) in [5.74, 6) is -8.22. The van der Waals surface area contributed by atoms with Crippen LogP contribution in [0.1, 0.15) is 12.0 Å². The Morgan fingerprint density at radius 2 is 1.12 bits per heavy atom. The van der Waals surface area contributed by atoms with E-state index in [-0.39, 0.29) is 23.6 Å². The number of hydrogen-bond donors (Lipinski definition) is 4. The van der Waals surface area contributed by atoms with E-state index in [0.717, 1.165) is 10.5 Å². The topological polar surface area (TPSA) is 171 Å². The highest BCUT2D eigenvalue weighted by atomic mass is 19.5. The maximum atomic E-state index is 12.8. The fourth-order valence-corrected chi connectivity index (χ4v) is 4.27. The Hall–Kier alpha value is -5.46. The quantitative estimate of drug-likeness (QED) is 0.159. The predicted octanol–water partition coefficient (Wildman–Crippen LogP) is 8.02. The van der Waals surface area contributed by atoms with Gasteiger partial charge in [-0.15, -0.1) is 52.7 Å². The van der Waals surface area contributed by atoms with Gasteiger partial charge in [0.2, 0.25) is 17.7 Å². The molecule has 0 radical (unpaired) electrons. The molecule has 2 fully saturated rings. The van der Waals surface area contributed by atoms with Gasteiger partial charge in [-0.05, 0) is 31.2 Å². The minimum absolute atomic E-state index is 0.173. The molecule has 320 valence electrons. The highest BCUT2D eigenvalue weighted by molar-refractivity contribution is 6.13. The number of nitrogens with one attached hydrogen (secondary N) is 1. The van der Waals surface area contributed by atoms with Crippen LogP contribution in [-0.4, -0.2) is 97.2 Å². The second-order valence-corrected chi connectivity index (χ2v) is 9.88. The van der Waals surface area contributed by atoms with Crippen molar-refractivity contribution in [2.24, 2.45) is 23.7 Å². The summed E-state index contributed by atoms with van der Waals surface area (Å²) in [5.41, 5.74) is 1.26. The van der Waals surface area contributed by atoms with Crippen LogP contribution in [0, 0.1) is 30.6 Å². The van der Waals surface area contributed by atoms with Crippen LogP contribution in [0.2, 0.25) is 0 Å². The van der Waals surface area contributed by atoms with Gasteiger partial charge < -0.3 is 25.4 Å². The fraction of sp³-hybridized carbons (Fsp3) is 0.433. The largest absolute Gasteiger partial charge is 0.559 e. The summed E-state index contributed by atoms with van der Waals surface area (Å²) < 4.78 is 152. The molecule has 0 bridgehead atoms. The lowest BCUT2D eigenvalue weighted by atomic mass is 9.57. The molecule has 4 rings (SSSR count). The van der Waals surface area contributed by atoms with Crippen molar-refractivity contribution < 1.29 is 110 Å². The van der Waals surface area contributed by atoms with Crippen LogP contribution in [0.3, 0.4) is 0 Å². The van der Waals surface area contributed by atoms with Gasteiger partial charge in [0.25, 0.3) is 0 Å². The van der Waals surface area contributed by atoms with Gasteiger partial charge in [0.05, 0.1) is 51.1 Å². The molecular weight excluding hydrogens is 817 g/mol. The highest BCUT2D eigenvalue weighted by Crippen LogP contribution is 2.52. The summed E-state index contributed by atoms with van der Waals surface area (Å²) in [7, 11) is 2.28.